The smallest absolute Gasteiger partial charge is 0.154 e. The van der Waals surface area contributed by atoms with Crippen LogP contribution in [0.5, 0.6) is 0 Å². The Morgan fingerprint density at radius 2 is 2.19 bits per heavy atom. The zero-order valence-corrected chi connectivity index (χ0v) is 10.2. The third kappa shape index (κ3) is 2.74. The van der Waals surface area contributed by atoms with E-state index in [0.29, 0.717) is 0 Å². The van der Waals surface area contributed by atoms with Gasteiger partial charge in [0, 0.05) is 18.7 Å². The third-order valence-electron chi connectivity index (χ3n) is 3.32. The minimum atomic E-state index is -3.07. The molecule has 2 rings (SSSR count). The fourth-order valence-corrected chi connectivity index (χ4v) is 4.18. The highest BCUT2D eigenvalue weighted by molar-refractivity contribution is 7.91. The summed E-state index contributed by atoms with van der Waals surface area (Å²) in [5.41, 5.74) is 0. The lowest BCUT2D eigenvalue weighted by Gasteiger charge is -2.25. The van der Waals surface area contributed by atoms with E-state index in [1.165, 1.54) is 0 Å². The molecule has 0 aromatic rings. The predicted octanol–water partition coefficient (Wildman–Crippen LogP) is -0.699. The van der Waals surface area contributed by atoms with Crippen LogP contribution in [-0.4, -0.2) is 55.9 Å². The molecule has 0 bridgehead atoms. The van der Waals surface area contributed by atoms with E-state index in [4.69, 9.17) is 4.74 Å². The molecule has 2 N–H and O–H groups in total. The van der Waals surface area contributed by atoms with Crippen LogP contribution in [0, 0.1) is 0 Å². The number of ether oxygens (including phenoxy) is 1. The van der Waals surface area contributed by atoms with Crippen molar-refractivity contribution in [3.8, 4) is 0 Å². The molecule has 2 heterocycles. The molecular formula is C10H19NO4S. The van der Waals surface area contributed by atoms with Crippen molar-refractivity contribution in [3.05, 3.63) is 0 Å². The number of nitrogens with one attached hydrogen (secondary N) is 1. The molecule has 0 amide bonds. The summed E-state index contributed by atoms with van der Waals surface area (Å²) < 4.78 is 28.2. The fraction of sp³-hybridized carbons (Fsp3) is 1.00. The van der Waals surface area contributed by atoms with Gasteiger partial charge in [-0.25, -0.2) is 8.42 Å². The SMILES string of the molecule is CC(NC1CS(=O)(=O)CC1O)C1CCCO1. The lowest BCUT2D eigenvalue weighted by atomic mass is 10.1. The average molecular weight is 249 g/mol. The van der Waals surface area contributed by atoms with Gasteiger partial charge < -0.3 is 15.2 Å². The van der Waals surface area contributed by atoms with E-state index in [-0.39, 0.29) is 29.7 Å². The van der Waals surface area contributed by atoms with Crippen LogP contribution in [0.25, 0.3) is 0 Å². The predicted molar refractivity (Wildman–Crippen MR) is 60.0 cm³/mol. The molecule has 2 aliphatic heterocycles. The van der Waals surface area contributed by atoms with Crippen molar-refractivity contribution in [2.24, 2.45) is 0 Å². The van der Waals surface area contributed by atoms with Gasteiger partial charge in [-0.2, -0.15) is 0 Å². The highest BCUT2D eigenvalue weighted by Crippen LogP contribution is 2.18. The average Bonchev–Trinajstić information content (AvgIpc) is 2.74. The van der Waals surface area contributed by atoms with E-state index in [1.54, 1.807) is 0 Å². The number of sulfone groups is 1. The first-order chi connectivity index (χ1) is 7.48. The van der Waals surface area contributed by atoms with Crippen molar-refractivity contribution in [2.45, 2.75) is 44.1 Å². The molecule has 4 unspecified atom stereocenters. The first-order valence-electron chi connectivity index (χ1n) is 5.74. The second-order valence-electron chi connectivity index (χ2n) is 4.76. The molecule has 2 aliphatic rings. The molecule has 0 aromatic carbocycles. The number of hydrogen-bond acceptors (Lipinski definition) is 5. The summed E-state index contributed by atoms with van der Waals surface area (Å²) in [5, 5.41) is 12.8. The van der Waals surface area contributed by atoms with Crippen molar-refractivity contribution in [1.29, 1.82) is 0 Å². The van der Waals surface area contributed by atoms with Crippen LogP contribution in [0.15, 0.2) is 0 Å². The quantitative estimate of drug-likeness (QED) is 0.692. The zero-order valence-electron chi connectivity index (χ0n) is 9.43. The summed E-state index contributed by atoms with van der Waals surface area (Å²) in [6, 6.07) is -0.250. The highest BCUT2D eigenvalue weighted by Gasteiger charge is 2.38. The molecule has 6 heteroatoms. The maximum Gasteiger partial charge on any atom is 0.154 e. The number of rotatable bonds is 3. The summed E-state index contributed by atoms with van der Waals surface area (Å²) in [4.78, 5) is 0. The molecule has 5 nitrogen and oxygen atoms in total. The van der Waals surface area contributed by atoms with Crippen LogP contribution >= 0.6 is 0 Å². The first-order valence-corrected chi connectivity index (χ1v) is 7.56. The topological polar surface area (TPSA) is 75.6 Å². The fourth-order valence-electron chi connectivity index (χ4n) is 2.43. The maximum atomic E-state index is 11.3. The monoisotopic (exact) mass is 249 g/mol. The summed E-state index contributed by atoms with van der Waals surface area (Å²) in [7, 11) is -3.07. The molecule has 16 heavy (non-hydrogen) atoms. The molecule has 2 saturated heterocycles. The molecule has 0 aromatic heterocycles. The van der Waals surface area contributed by atoms with E-state index in [1.807, 2.05) is 6.92 Å². The largest absolute Gasteiger partial charge is 0.390 e. The van der Waals surface area contributed by atoms with Crippen LogP contribution in [0.3, 0.4) is 0 Å². The Bertz CT molecular complexity index is 337. The lowest BCUT2D eigenvalue weighted by Crippen LogP contribution is -2.48. The van der Waals surface area contributed by atoms with Gasteiger partial charge in [-0.1, -0.05) is 0 Å². The molecule has 94 valence electrons. The van der Waals surface area contributed by atoms with Crippen LogP contribution < -0.4 is 5.32 Å². The van der Waals surface area contributed by atoms with Crippen molar-refractivity contribution >= 4 is 9.84 Å². The van der Waals surface area contributed by atoms with E-state index < -0.39 is 15.9 Å². The minimum absolute atomic E-state index is 0.0330. The van der Waals surface area contributed by atoms with Gasteiger partial charge >= 0.3 is 0 Å². The Labute approximate surface area is 96.1 Å². The van der Waals surface area contributed by atoms with Gasteiger partial charge in [0.25, 0.3) is 0 Å². The Kier molecular flexibility index (Phi) is 3.53. The van der Waals surface area contributed by atoms with E-state index in [0.717, 1.165) is 19.4 Å². The van der Waals surface area contributed by atoms with Crippen LogP contribution in [0.4, 0.5) is 0 Å². The van der Waals surface area contributed by atoms with Gasteiger partial charge in [0.05, 0.1) is 23.7 Å². The van der Waals surface area contributed by atoms with Gasteiger partial charge in [0.2, 0.25) is 0 Å². The molecular weight excluding hydrogens is 230 g/mol. The summed E-state index contributed by atoms with van der Waals surface area (Å²) in [6.45, 7) is 2.76. The van der Waals surface area contributed by atoms with E-state index in [9.17, 15) is 13.5 Å². The Morgan fingerprint density at radius 1 is 1.44 bits per heavy atom. The third-order valence-corrected chi connectivity index (χ3v) is 5.04. The van der Waals surface area contributed by atoms with Crippen LogP contribution in [-0.2, 0) is 14.6 Å². The molecule has 0 radical (unpaired) electrons. The molecule has 0 aliphatic carbocycles. The Hall–Kier alpha value is -0.170. The molecule has 0 spiro atoms. The summed E-state index contributed by atoms with van der Waals surface area (Å²) >= 11 is 0. The van der Waals surface area contributed by atoms with Crippen molar-refractivity contribution in [2.75, 3.05) is 18.1 Å². The second-order valence-corrected chi connectivity index (χ2v) is 6.91. The number of hydrogen-bond donors (Lipinski definition) is 2. The van der Waals surface area contributed by atoms with Gasteiger partial charge in [0.1, 0.15) is 0 Å². The zero-order chi connectivity index (χ0) is 11.8. The summed E-state index contributed by atoms with van der Waals surface area (Å²) in [6.07, 6.45) is 1.43. The lowest BCUT2D eigenvalue weighted by molar-refractivity contribution is 0.0706. The van der Waals surface area contributed by atoms with E-state index >= 15 is 0 Å². The highest BCUT2D eigenvalue weighted by atomic mass is 32.2. The molecule has 2 fully saturated rings. The van der Waals surface area contributed by atoms with Gasteiger partial charge in [-0.15, -0.1) is 0 Å². The van der Waals surface area contributed by atoms with Crippen LogP contribution in [0.2, 0.25) is 0 Å². The first kappa shape index (κ1) is 12.3. The Morgan fingerprint density at radius 3 is 2.69 bits per heavy atom. The molecule has 0 saturated carbocycles. The van der Waals surface area contributed by atoms with E-state index in [2.05, 4.69) is 5.32 Å². The van der Waals surface area contributed by atoms with Crippen molar-refractivity contribution < 1.29 is 18.3 Å². The Balaban J connectivity index is 1.89. The minimum Gasteiger partial charge on any atom is -0.390 e. The maximum absolute atomic E-state index is 11.3. The second kappa shape index (κ2) is 4.60. The number of aliphatic hydroxyl groups is 1. The van der Waals surface area contributed by atoms with Gasteiger partial charge in [0.15, 0.2) is 9.84 Å². The van der Waals surface area contributed by atoms with Gasteiger partial charge in [-0.05, 0) is 19.8 Å². The van der Waals surface area contributed by atoms with Crippen molar-refractivity contribution in [1.82, 2.24) is 5.32 Å². The molecule has 4 atom stereocenters. The van der Waals surface area contributed by atoms with Gasteiger partial charge in [-0.3, -0.25) is 0 Å². The standard InChI is InChI=1S/C10H19NO4S/c1-7(10-3-2-4-15-10)11-8-5-16(13,14)6-9(8)12/h7-12H,2-6H2,1H3. The summed E-state index contributed by atoms with van der Waals surface area (Å²) in [5.74, 6) is -0.0891. The van der Waals surface area contributed by atoms with Crippen LogP contribution in [0.1, 0.15) is 19.8 Å². The number of aliphatic hydroxyl groups excluding tert-OH is 1. The van der Waals surface area contributed by atoms with Crippen molar-refractivity contribution in [3.63, 3.8) is 0 Å². The normalized spacial score (nSPS) is 40.0.